The van der Waals surface area contributed by atoms with Crippen molar-refractivity contribution in [1.82, 2.24) is 14.7 Å². The summed E-state index contributed by atoms with van der Waals surface area (Å²) in [5, 5.41) is 10.2. The third-order valence-corrected chi connectivity index (χ3v) is 5.25. The number of hydrogen-bond acceptors (Lipinski definition) is 5. The number of carbonyl (C=O) groups excluding carboxylic acids is 2. The maximum absolute atomic E-state index is 12.2. The highest BCUT2D eigenvalue weighted by Crippen LogP contribution is 2.20. The third-order valence-electron chi connectivity index (χ3n) is 4.31. The van der Waals surface area contributed by atoms with Crippen LogP contribution in [0.1, 0.15) is 20.8 Å². The second-order valence-electron chi connectivity index (χ2n) is 7.13. The van der Waals surface area contributed by atoms with Crippen LogP contribution >= 0.6 is 11.8 Å². The van der Waals surface area contributed by atoms with Crippen LogP contribution in [0.4, 0.5) is 0 Å². The highest BCUT2D eigenvalue weighted by molar-refractivity contribution is 8.00. The van der Waals surface area contributed by atoms with Gasteiger partial charge in [0.1, 0.15) is 6.54 Å². The third kappa shape index (κ3) is 4.60. The van der Waals surface area contributed by atoms with Crippen LogP contribution in [-0.2, 0) is 9.59 Å². The van der Waals surface area contributed by atoms with E-state index in [1.165, 1.54) is 0 Å². The topological polar surface area (TPSA) is 64.1 Å². The summed E-state index contributed by atoms with van der Waals surface area (Å²) in [7, 11) is 0. The predicted molar refractivity (Wildman–Crippen MR) is 87.5 cm³/mol. The van der Waals surface area contributed by atoms with E-state index in [1.54, 1.807) is 16.7 Å². The Hall–Kier alpha value is -0.790. The molecule has 7 heteroatoms. The summed E-state index contributed by atoms with van der Waals surface area (Å²) >= 11 is 1.56. The predicted octanol–water partition coefficient (Wildman–Crippen LogP) is 0.0705. The van der Waals surface area contributed by atoms with Gasteiger partial charge in [0.05, 0.1) is 17.7 Å². The second kappa shape index (κ2) is 7.19. The van der Waals surface area contributed by atoms with Gasteiger partial charge in [-0.15, -0.1) is 11.8 Å². The smallest absolute Gasteiger partial charge is 0.242 e. The number of amides is 2. The van der Waals surface area contributed by atoms with Gasteiger partial charge < -0.3 is 14.9 Å². The molecular formula is C15H27N3O3S. The van der Waals surface area contributed by atoms with Crippen molar-refractivity contribution < 1.29 is 14.7 Å². The lowest BCUT2D eigenvalue weighted by atomic mass is 9.89. The van der Waals surface area contributed by atoms with Gasteiger partial charge in [-0.2, -0.15) is 0 Å². The zero-order valence-corrected chi connectivity index (χ0v) is 14.6. The van der Waals surface area contributed by atoms with Crippen molar-refractivity contribution in [3.05, 3.63) is 0 Å². The number of thioether (sulfide) groups is 1. The molecule has 2 rings (SSSR count). The van der Waals surface area contributed by atoms with Crippen molar-refractivity contribution in [2.45, 2.75) is 26.9 Å². The lowest BCUT2D eigenvalue weighted by Gasteiger charge is -2.38. The molecule has 22 heavy (non-hydrogen) atoms. The van der Waals surface area contributed by atoms with Gasteiger partial charge in [0, 0.05) is 32.7 Å². The maximum Gasteiger partial charge on any atom is 0.242 e. The monoisotopic (exact) mass is 329 g/mol. The molecule has 0 aliphatic carbocycles. The molecule has 2 aliphatic rings. The van der Waals surface area contributed by atoms with Gasteiger partial charge in [-0.1, -0.05) is 20.8 Å². The highest BCUT2D eigenvalue weighted by Gasteiger charge is 2.29. The zero-order valence-electron chi connectivity index (χ0n) is 13.7. The highest BCUT2D eigenvalue weighted by atomic mass is 32.2. The molecule has 0 aromatic carbocycles. The van der Waals surface area contributed by atoms with Gasteiger partial charge in [0.15, 0.2) is 0 Å². The van der Waals surface area contributed by atoms with Crippen molar-refractivity contribution in [1.29, 1.82) is 0 Å². The van der Waals surface area contributed by atoms with Crippen LogP contribution in [0.2, 0.25) is 0 Å². The number of piperazine rings is 1. The lowest BCUT2D eigenvalue weighted by Crippen LogP contribution is -2.53. The molecule has 6 nitrogen and oxygen atoms in total. The Morgan fingerprint density at radius 2 is 1.91 bits per heavy atom. The first-order chi connectivity index (χ1) is 10.3. The van der Waals surface area contributed by atoms with E-state index >= 15 is 0 Å². The van der Waals surface area contributed by atoms with Crippen LogP contribution in [0, 0.1) is 5.41 Å². The molecule has 2 fully saturated rings. The number of aliphatic hydroxyl groups is 1. The summed E-state index contributed by atoms with van der Waals surface area (Å²) in [6.07, 6.45) is -0.367. The Balaban J connectivity index is 1.74. The first-order valence-corrected chi connectivity index (χ1v) is 8.96. The van der Waals surface area contributed by atoms with Crippen LogP contribution in [0.15, 0.2) is 0 Å². The average molecular weight is 329 g/mol. The van der Waals surface area contributed by atoms with E-state index in [-0.39, 0.29) is 29.9 Å². The number of carbonyl (C=O) groups is 2. The van der Waals surface area contributed by atoms with E-state index in [4.69, 9.17) is 0 Å². The first kappa shape index (κ1) is 17.6. The van der Waals surface area contributed by atoms with Crippen molar-refractivity contribution in [2.75, 3.05) is 50.9 Å². The Morgan fingerprint density at radius 3 is 2.41 bits per heavy atom. The lowest BCUT2D eigenvalue weighted by molar-refractivity contribution is -0.139. The van der Waals surface area contributed by atoms with E-state index in [2.05, 4.69) is 4.90 Å². The minimum Gasteiger partial charge on any atom is -0.391 e. The summed E-state index contributed by atoms with van der Waals surface area (Å²) in [5.41, 5.74) is -0.124. The van der Waals surface area contributed by atoms with Crippen LogP contribution in [0.3, 0.4) is 0 Å². The van der Waals surface area contributed by atoms with Gasteiger partial charge in [0.25, 0.3) is 0 Å². The number of hydrogen-bond donors (Lipinski definition) is 1. The molecular weight excluding hydrogens is 302 g/mol. The zero-order chi connectivity index (χ0) is 16.3. The normalized spacial score (nSPS) is 22.3. The van der Waals surface area contributed by atoms with Gasteiger partial charge in [-0.25, -0.2) is 0 Å². The van der Waals surface area contributed by atoms with E-state index in [9.17, 15) is 14.7 Å². The summed E-state index contributed by atoms with van der Waals surface area (Å²) in [6.45, 7) is 9.84. The Morgan fingerprint density at radius 1 is 1.27 bits per heavy atom. The van der Waals surface area contributed by atoms with Gasteiger partial charge in [-0.3, -0.25) is 14.5 Å². The van der Waals surface area contributed by atoms with Crippen LogP contribution in [0.25, 0.3) is 0 Å². The molecule has 2 amide bonds. The van der Waals surface area contributed by atoms with Crippen LogP contribution in [0.5, 0.6) is 0 Å². The Bertz CT molecular complexity index is 417. The van der Waals surface area contributed by atoms with Crippen molar-refractivity contribution in [2.24, 2.45) is 5.41 Å². The minimum atomic E-state index is -0.367. The number of aliphatic hydroxyl groups excluding tert-OH is 1. The molecule has 0 aromatic rings. The largest absolute Gasteiger partial charge is 0.391 e. The van der Waals surface area contributed by atoms with Crippen molar-refractivity contribution in [3.8, 4) is 0 Å². The fourth-order valence-corrected chi connectivity index (χ4v) is 3.41. The maximum atomic E-state index is 12.2. The SMILES string of the molecule is CC(C)(C)[C@@H](O)CN1CCN(C(=O)CN2CSCC2=O)CC1. The van der Waals surface area contributed by atoms with E-state index in [1.807, 2.05) is 25.7 Å². The summed E-state index contributed by atoms with van der Waals surface area (Å²) < 4.78 is 0. The molecule has 0 bridgehead atoms. The fourth-order valence-electron chi connectivity index (χ4n) is 2.50. The molecule has 1 atom stereocenters. The molecule has 0 saturated carbocycles. The molecule has 2 aliphatic heterocycles. The quantitative estimate of drug-likeness (QED) is 0.791. The second-order valence-corrected chi connectivity index (χ2v) is 8.09. The molecule has 1 N–H and O–H groups in total. The summed E-state index contributed by atoms with van der Waals surface area (Å²) in [5.74, 6) is 1.21. The molecule has 126 valence electrons. The molecule has 2 heterocycles. The minimum absolute atomic E-state index is 0.0341. The van der Waals surface area contributed by atoms with Gasteiger partial charge in [0.2, 0.25) is 11.8 Å². The number of nitrogens with zero attached hydrogens (tertiary/aromatic N) is 3. The molecule has 2 saturated heterocycles. The fraction of sp³-hybridized carbons (Fsp3) is 0.867. The first-order valence-electron chi connectivity index (χ1n) is 7.81. The van der Waals surface area contributed by atoms with Crippen LogP contribution in [-0.4, -0.2) is 88.6 Å². The van der Waals surface area contributed by atoms with Gasteiger partial charge >= 0.3 is 0 Å². The Kier molecular flexibility index (Phi) is 5.74. The molecule has 0 spiro atoms. The van der Waals surface area contributed by atoms with Gasteiger partial charge in [-0.05, 0) is 5.41 Å². The number of β-amino-alcohol motifs (C(OH)–C–C–N with tert-alkyl or cyclic N) is 1. The molecule has 0 unspecified atom stereocenters. The van der Waals surface area contributed by atoms with Crippen molar-refractivity contribution in [3.63, 3.8) is 0 Å². The van der Waals surface area contributed by atoms with E-state index in [0.717, 1.165) is 13.1 Å². The standard InChI is InChI=1S/C15H27N3O3S/c1-15(2,3)12(19)8-16-4-6-17(7-5-16)13(20)9-18-11-22-10-14(18)21/h12,19H,4-11H2,1-3H3/t12-/m0/s1. The molecule has 0 radical (unpaired) electrons. The number of rotatable bonds is 4. The van der Waals surface area contributed by atoms with Crippen LogP contribution < -0.4 is 0 Å². The van der Waals surface area contributed by atoms with Crippen molar-refractivity contribution >= 4 is 23.6 Å². The summed E-state index contributed by atoms with van der Waals surface area (Å²) in [6, 6.07) is 0. The summed E-state index contributed by atoms with van der Waals surface area (Å²) in [4.78, 5) is 29.5. The molecule has 0 aromatic heterocycles. The Labute approximate surface area is 136 Å². The van der Waals surface area contributed by atoms with E-state index < -0.39 is 0 Å². The average Bonchev–Trinajstić information content (AvgIpc) is 2.84. The van der Waals surface area contributed by atoms with E-state index in [0.29, 0.717) is 31.3 Å².